The summed E-state index contributed by atoms with van der Waals surface area (Å²) in [6.07, 6.45) is 2.61. The molecule has 5 rings (SSSR count). The summed E-state index contributed by atoms with van der Waals surface area (Å²) in [5.41, 5.74) is 4.30. The molecule has 0 N–H and O–H groups in total. The van der Waals surface area contributed by atoms with Gasteiger partial charge in [0.2, 0.25) is 6.23 Å². The molecule has 2 aliphatic heterocycles. The average Bonchev–Trinajstić information content (AvgIpc) is 3.29. The molecule has 0 aromatic heterocycles. The summed E-state index contributed by atoms with van der Waals surface area (Å²) in [6, 6.07) is 22.9. The van der Waals surface area contributed by atoms with Crippen LogP contribution in [-0.2, 0) is 0 Å². The number of methoxy groups -OCH3 is 2. The maximum absolute atomic E-state index is 6.44. The van der Waals surface area contributed by atoms with Gasteiger partial charge in [-0.2, -0.15) is 5.10 Å². The Balaban J connectivity index is 1.55. The first kappa shape index (κ1) is 19.8. The lowest BCUT2D eigenvalue weighted by atomic mass is 9.96. The van der Waals surface area contributed by atoms with E-state index < -0.39 is 0 Å². The van der Waals surface area contributed by atoms with Crippen molar-refractivity contribution in [2.45, 2.75) is 23.6 Å². The van der Waals surface area contributed by atoms with Crippen molar-refractivity contribution in [3.63, 3.8) is 0 Å². The van der Waals surface area contributed by atoms with Gasteiger partial charge in [-0.15, -0.1) is 11.8 Å². The van der Waals surface area contributed by atoms with Gasteiger partial charge in [-0.25, -0.2) is 5.01 Å². The Morgan fingerprint density at radius 2 is 1.74 bits per heavy atom. The molecule has 2 aliphatic rings. The fourth-order valence-corrected chi connectivity index (χ4v) is 4.62. The summed E-state index contributed by atoms with van der Waals surface area (Å²) in [5.74, 6) is 2.34. The molecule has 158 valence electrons. The number of rotatable bonds is 5. The topological polar surface area (TPSA) is 43.3 Å². The molecule has 5 nitrogen and oxygen atoms in total. The predicted octanol–water partition coefficient (Wildman–Crippen LogP) is 5.67. The van der Waals surface area contributed by atoms with Crippen molar-refractivity contribution in [3.8, 4) is 17.2 Å². The van der Waals surface area contributed by atoms with E-state index in [4.69, 9.17) is 19.3 Å². The predicted molar refractivity (Wildman–Crippen MR) is 123 cm³/mol. The molecule has 2 heterocycles. The highest BCUT2D eigenvalue weighted by atomic mass is 32.2. The normalized spacial score (nSPS) is 19.2. The van der Waals surface area contributed by atoms with Crippen molar-refractivity contribution in [2.24, 2.45) is 5.10 Å². The minimum absolute atomic E-state index is 0.123. The zero-order valence-corrected chi connectivity index (χ0v) is 18.6. The van der Waals surface area contributed by atoms with E-state index >= 15 is 0 Å². The Hall–Kier alpha value is -3.12. The quantitative estimate of drug-likeness (QED) is 0.486. The van der Waals surface area contributed by atoms with Gasteiger partial charge in [-0.05, 0) is 42.7 Å². The van der Waals surface area contributed by atoms with Crippen molar-refractivity contribution < 1.29 is 14.2 Å². The van der Waals surface area contributed by atoms with Crippen LogP contribution < -0.4 is 14.2 Å². The first-order chi connectivity index (χ1) is 15.2. The zero-order chi connectivity index (χ0) is 21.4. The third-order valence-electron chi connectivity index (χ3n) is 5.82. The van der Waals surface area contributed by atoms with Crippen LogP contribution in [0.25, 0.3) is 0 Å². The van der Waals surface area contributed by atoms with Crippen molar-refractivity contribution in [1.29, 1.82) is 0 Å². The van der Waals surface area contributed by atoms with Gasteiger partial charge in [0, 0.05) is 28.0 Å². The number of para-hydroxylation sites is 1. The number of hydrazone groups is 1. The Morgan fingerprint density at radius 1 is 0.968 bits per heavy atom. The van der Waals surface area contributed by atoms with Crippen LogP contribution in [0.2, 0.25) is 0 Å². The number of thioether (sulfide) groups is 1. The van der Waals surface area contributed by atoms with Crippen LogP contribution in [0.15, 0.2) is 76.7 Å². The summed E-state index contributed by atoms with van der Waals surface area (Å²) in [5, 5.41) is 7.13. The van der Waals surface area contributed by atoms with Gasteiger partial charge in [-0.3, -0.25) is 0 Å². The monoisotopic (exact) mass is 432 g/mol. The van der Waals surface area contributed by atoms with E-state index in [0.29, 0.717) is 11.5 Å². The molecule has 6 heteroatoms. The minimum atomic E-state index is -0.270. The summed E-state index contributed by atoms with van der Waals surface area (Å²) in [6.45, 7) is 0. The van der Waals surface area contributed by atoms with Crippen molar-refractivity contribution >= 4 is 17.5 Å². The number of fused-ring (bicyclic) bond motifs is 3. The molecule has 3 aromatic carbocycles. The number of hydrogen-bond acceptors (Lipinski definition) is 6. The Kier molecular flexibility index (Phi) is 5.24. The van der Waals surface area contributed by atoms with Crippen LogP contribution in [0.4, 0.5) is 0 Å². The molecule has 2 unspecified atom stereocenters. The van der Waals surface area contributed by atoms with Crippen LogP contribution in [0, 0.1) is 0 Å². The molecule has 0 spiro atoms. The van der Waals surface area contributed by atoms with E-state index in [1.807, 2.05) is 30.3 Å². The van der Waals surface area contributed by atoms with Crippen LogP contribution >= 0.6 is 11.8 Å². The smallest absolute Gasteiger partial charge is 0.213 e. The SMILES string of the molecule is COc1ccc(C2=NN3C(C2)c2ccccc2OC3c2ccc(SC)cc2)cc1OC. The van der Waals surface area contributed by atoms with Gasteiger partial charge in [0.25, 0.3) is 0 Å². The third kappa shape index (κ3) is 3.51. The van der Waals surface area contributed by atoms with Gasteiger partial charge >= 0.3 is 0 Å². The van der Waals surface area contributed by atoms with Crippen LogP contribution in [-0.4, -0.2) is 31.2 Å². The highest BCUT2D eigenvalue weighted by Gasteiger charge is 2.40. The number of hydrogen-bond donors (Lipinski definition) is 0. The van der Waals surface area contributed by atoms with E-state index in [0.717, 1.165) is 29.0 Å². The van der Waals surface area contributed by atoms with Gasteiger partial charge in [0.15, 0.2) is 11.5 Å². The van der Waals surface area contributed by atoms with Gasteiger partial charge in [0.1, 0.15) is 5.75 Å². The third-order valence-corrected chi connectivity index (χ3v) is 6.56. The average molecular weight is 433 g/mol. The van der Waals surface area contributed by atoms with E-state index in [9.17, 15) is 0 Å². The number of nitrogens with zero attached hydrogens (tertiary/aromatic N) is 2. The Morgan fingerprint density at radius 3 is 2.48 bits per heavy atom. The molecule has 0 aliphatic carbocycles. The maximum atomic E-state index is 6.44. The molecule has 0 saturated carbocycles. The van der Waals surface area contributed by atoms with Crippen molar-refractivity contribution in [1.82, 2.24) is 5.01 Å². The first-order valence-electron chi connectivity index (χ1n) is 10.2. The van der Waals surface area contributed by atoms with Gasteiger partial charge in [-0.1, -0.05) is 30.3 Å². The molecule has 0 bridgehead atoms. The van der Waals surface area contributed by atoms with Crippen molar-refractivity contribution in [3.05, 3.63) is 83.4 Å². The Bertz CT molecular complexity index is 1130. The van der Waals surface area contributed by atoms with Crippen LogP contribution in [0.1, 0.15) is 35.4 Å². The molecule has 0 fully saturated rings. The highest BCUT2D eigenvalue weighted by molar-refractivity contribution is 7.98. The summed E-state index contributed by atoms with van der Waals surface area (Å²) < 4.78 is 17.3. The first-order valence-corrected chi connectivity index (χ1v) is 11.4. The molecule has 2 atom stereocenters. The lowest BCUT2D eigenvalue weighted by molar-refractivity contribution is -0.0190. The lowest BCUT2D eigenvalue weighted by Gasteiger charge is -2.38. The summed E-state index contributed by atoms with van der Waals surface area (Å²) >= 11 is 1.73. The second kappa shape index (κ2) is 8.19. The van der Waals surface area contributed by atoms with Crippen LogP contribution in [0.3, 0.4) is 0 Å². The maximum Gasteiger partial charge on any atom is 0.213 e. The van der Waals surface area contributed by atoms with E-state index in [1.165, 1.54) is 10.5 Å². The van der Waals surface area contributed by atoms with E-state index in [-0.39, 0.29) is 12.3 Å². The largest absolute Gasteiger partial charge is 0.493 e. The van der Waals surface area contributed by atoms with Crippen LogP contribution in [0.5, 0.6) is 17.2 Å². The van der Waals surface area contributed by atoms with E-state index in [2.05, 4.69) is 47.7 Å². The fraction of sp³-hybridized carbons (Fsp3) is 0.240. The standard InChI is InChI=1S/C25H24N2O3S/c1-28-23-13-10-17(14-24(23)29-2)20-15-21-19-6-4-5-7-22(19)30-25(27(21)26-20)16-8-11-18(31-3)12-9-16/h4-14,21,25H,15H2,1-3H3. The zero-order valence-electron chi connectivity index (χ0n) is 17.7. The van der Waals surface area contributed by atoms with Gasteiger partial charge < -0.3 is 14.2 Å². The fourth-order valence-electron chi connectivity index (χ4n) is 4.21. The highest BCUT2D eigenvalue weighted by Crippen LogP contribution is 2.47. The molecule has 3 aromatic rings. The second-order valence-electron chi connectivity index (χ2n) is 7.50. The number of benzene rings is 3. The molecule has 0 amide bonds. The van der Waals surface area contributed by atoms with Gasteiger partial charge in [0.05, 0.1) is 26.0 Å². The second-order valence-corrected chi connectivity index (χ2v) is 8.38. The molecule has 0 saturated heterocycles. The molecule has 0 radical (unpaired) electrons. The Labute approximate surface area is 186 Å². The van der Waals surface area contributed by atoms with E-state index in [1.54, 1.807) is 26.0 Å². The molecular formula is C25H24N2O3S. The summed E-state index contributed by atoms with van der Waals surface area (Å²) in [4.78, 5) is 1.23. The molecular weight excluding hydrogens is 408 g/mol. The lowest BCUT2D eigenvalue weighted by Crippen LogP contribution is -2.33. The summed E-state index contributed by atoms with van der Waals surface area (Å²) in [7, 11) is 3.30. The molecule has 31 heavy (non-hydrogen) atoms. The number of ether oxygens (including phenoxy) is 3. The van der Waals surface area contributed by atoms with Crippen molar-refractivity contribution in [2.75, 3.05) is 20.5 Å². The minimum Gasteiger partial charge on any atom is -0.493 e.